The van der Waals surface area contributed by atoms with Crippen LogP contribution in [0.1, 0.15) is 24.9 Å². The van der Waals surface area contributed by atoms with Gasteiger partial charge in [0.1, 0.15) is 5.82 Å². The van der Waals surface area contributed by atoms with E-state index in [2.05, 4.69) is 4.90 Å². The molecule has 1 heterocycles. The van der Waals surface area contributed by atoms with Gasteiger partial charge < -0.3 is 15.4 Å². The van der Waals surface area contributed by atoms with Gasteiger partial charge in [-0.25, -0.2) is 4.39 Å². The maximum Gasteiger partial charge on any atom is 0.146 e. The van der Waals surface area contributed by atoms with Gasteiger partial charge in [-0.2, -0.15) is 0 Å². The zero-order chi connectivity index (χ0) is 13.1. The number of nitrogens with zero attached hydrogens (tertiary/aromatic N) is 1. The fraction of sp³-hybridized carbons (Fsp3) is 0.571. The minimum absolute atomic E-state index is 0.155. The lowest BCUT2D eigenvalue weighted by Gasteiger charge is -2.24. The molecule has 0 radical (unpaired) electrons. The van der Waals surface area contributed by atoms with Crippen molar-refractivity contribution in [3.63, 3.8) is 0 Å². The average Bonchev–Trinajstić information content (AvgIpc) is 2.77. The van der Waals surface area contributed by atoms with Crippen LogP contribution in [0.15, 0.2) is 18.2 Å². The lowest BCUT2D eigenvalue weighted by molar-refractivity contribution is 0.161. The number of benzene rings is 1. The Hall–Kier alpha value is -1.13. The van der Waals surface area contributed by atoms with Crippen LogP contribution in [0.2, 0.25) is 0 Å². The van der Waals surface area contributed by atoms with Crippen molar-refractivity contribution in [2.75, 3.05) is 31.7 Å². The second-order valence-electron chi connectivity index (χ2n) is 5.02. The van der Waals surface area contributed by atoms with Crippen LogP contribution >= 0.6 is 0 Å². The monoisotopic (exact) mass is 252 g/mol. The molecule has 1 aromatic carbocycles. The lowest BCUT2D eigenvalue weighted by atomic mass is 10.1. The zero-order valence-corrected chi connectivity index (χ0v) is 11.0. The van der Waals surface area contributed by atoms with Gasteiger partial charge in [-0.3, -0.25) is 0 Å². The molecule has 0 spiro atoms. The van der Waals surface area contributed by atoms with Crippen molar-refractivity contribution in [1.82, 2.24) is 0 Å². The molecular formula is C14H21FN2O. The summed E-state index contributed by atoms with van der Waals surface area (Å²) >= 11 is 0. The third-order valence-electron chi connectivity index (χ3n) is 3.51. The molecule has 18 heavy (non-hydrogen) atoms. The Morgan fingerprint density at radius 2 is 2.33 bits per heavy atom. The molecule has 4 heteroatoms. The van der Waals surface area contributed by atoms with Crippen molar-refractivity contribution in [2.45, 2.75) is 19.4 Å². The highest BCUT2D eigenvalue weighted by Gasteiger charge is 2.26. The Kier molecular flexibility index (Phi) is 4.19. The van der Waals surface area contributed by atoms with E-state index in [1.165, 1.54) is 6.07 Å². The highest BCUT2D eigenvalue weighted by Crippen LogP contribution is 2.32. The van der Waals surface area contributed by atoms with Crippen molar-refractivity contribution in [3.8, 4) is 0 Å². The summed E-state index contributed by atoms with van der Waals surface area (Å²) in [7, 11) is 1.71. The predicted octanol–water partition coefficient (Wildman–Crippen LogP) is 2.32. The Bertz CT molecular complexity index is 409. The molecule has 2 N–H and O–H groups in total. The Morgan fingerprint density at radius 1 is 1.56 bits per heavy atom. The molecule has 1 fully saturated rings. The number of halogens is 1. The summed E-state index contributed by atoms with van der Waals surface area (Å²) in [6.45, 7) is 4.34. The van der Waals surface area contributed by atoms with Crippen molar-refractivity contribution < 1.29 is 9.13 Å². The highest BCUT2D eigenvalue weighted by molar-refractivity contribution is 5.56. The molecule has 1 aromatic rings. The molecule has 0 amide bonds. The normalized spacial score (nSPS) is 21.3. The Balaban J connectivity index is 2.23. The van der Waals surface area contributed by atoms with E-state index >= 15 is 0 Å². The van der Waals surface area contributed by atoms with Crippen LogP contribution in [-0.2, 0) is 4.74 Å². The summed E-state index contributed by atoms with van der Waals surface area (Å²) in [6.07, 6.45) is 1.04. The van der Waals surface area contributed by atoms with E-state index in [9.17, 15) is 4.39 Å². The highest BCUT2D eigenvalue weighted by atomic mass is 19.1. The molecule has 0 aliphatic carbocycles. The molecule has 100 valence electrons. The van der Waals surface area contributed by atoms with Gasteiger partial charge in [-0.05, 0) is 25.0 Å². The summed E-state index contributed by atoms with van der Waals surface area (Å²) < 4.78 is 19.2. The van der Waals surface area contributed by atoms with Crippen LogP contribution in [0.4, 0.5) is 10.1 Å². The summed E-state index contributed by atoms with van der Waals surface area (Å²) in [6, 6.07) is 4.98. The average molecular weight is 252 g/mol. The third kappa shape index (κ3) is 2.65. The number of para-hydroxylation sites is 1. The lowest BCUT2D eigenvalue weighted by Crippen LogP contribution is -2.24. The fourth-order valence-electron chi connectivity index (χ4n) is 2.64. The quantitative estimate of drug-likeness (QED) is 0.893. The van der Waals surface area contributed by atoms with Crippen molar-refractivity contribution in [3.05, 3.63) is 29.6 Å². The van der Waals surface area contributed by atoms with Crippen molar-refractivity contribution >= 4 is 5.69 Å². The smallest absolute Gasteiger partial charge is 0.146 e. The number of ether oxygens (including phenoxy) is 1. The summed E-state index contributed by atoms with van der Waals surface area (Å²) in [5.74, 6) is 0.304. The van der Waals surface area contributed by atoms with Crippen LogP contribution in [0.25, 0.3) is 0 Å². The van der Waals surface area contributed by atoms with Crippen molar-refractivity contribution in [2.24, 2.45) is 11.7 Å². The molecule has 1 aliphatic rings. The predicted molar refractivity (Wildman–Crippen MR) is 71.2 cm³/mol. The molecule has 0 saturated carbocycles. The maximum absolute atomic E-state index is 14.0. The molecular weight excluding hydrogens is 231 g/mol. The zero-order valence-electron chi connectivity index (χ0n) is 11.0. The number of methoxy groups -OCH3 is 1. The molecule has 2 rings (SSSR count). The molecule has 2 atom stereocenters. The second-order valence-corrected chi connectivity index (χ2v) is 5.02. The van der Waals surface area contributed by atoms with Gasteiger partial charge in [-0.15, -0.1) is 0 Å². The van der Waals surface area contributed by atoms with Gasteiger partial charge >= 0.3 is 0 Å². The first-order valence-corrected chi connectivity index (χ1v) is 6.41. The minimum Gasteiger partial charge on any atom is -0.384 e. The second kappa shape index (κ2) is 5.67. The van der Waals surface area contributed by atoms with Gasteiger partial charge in [0.2, 0.25) is 0 Å². The van der Waals surface area contributed by atoms with Crippen LogP contribution < -0.4 is 10.6 Å². The minimum atomic E-state index is -0.178. The summed E-state index contributed by atoms with van der Waals surface area (Å²) in [5.41, 5.74) is 7.48. The van der Waals surface area contributed by atoms with E-state index in [1.54, 1.807) is 13.2 Å². The van der Waals surface area contributed by atoms with E-state index in [1.807, 2.05) is 13.0 Å². The number of rotatable bonds is 4. The van der Waals surface area contributed by atoms with E-state index in [0.29, 0.717) is 11.6 Å². The number of anilines is 1. The SMILES string of the molecule is COCC1CCN(c2c(F)cccc2C(C)N)C1. The van der Waals surface area contributed by atoms with Gasteiger partial charge in [0.25, 0.3) is 0 Å². The summed E-state index contributed by atoms with van der Waals surface area (Å²) in [4.78, 5) is 2.09. The fourth-order valence-corrected chi connectivity index (χ4v) is 2.64. The van der Waals surface area contributed by atoms with Crippen LogP contribution in [0.3, 0.4) is 0 Å². The Labute approximate surface area is 108 Å². The van der Waals surface area contributed by atoms with Crippen LogP contribution in [0, 0.1) is 11.7 Å². The molecule has 3 nitrogen and oxygen atoms in total. The van der Waals surface area contributed by atoms with Gasteiger partial charge in [-0.1, -0.05) is 12.1 Å². The largest absolute Gasteiger partial charge is 0.384 e. The third-order valence-corrected chi connectivity index (χ3v) is 3.51. The topological polar surface area (TPSA) is 38.5 Å². The molecule has 1 aliphatic heterocycles. The van der Waals surface area contributed by atoms with Crippen molar-refractivity contribution in [1.29, 1.82) is 0 Å². The van der Waals surface area contributed by atoms with Gasteiger partial charge in [0.15, 0.2) is 0 Å². The standard InChI is InChI=1S/C14H21FN2O/c1-10(16)12-4-3-5-13(15)14(12)17-7-6-11(8-17)9-18-2/h3-5,10-11H,6-9,16H2,1-2H3. The number of nitrogens with two attached hydrogens (primary N) is 1. The first-order chi connectivity index (χ1) is 8.63. The van der Waals surface area contributed by atoms with Gasteiger partial charge in [0.05, 0.1) is 12.3 Å². The van der Waals surface area contributed by atoms with E-state index < -0.39 is 0 Å². The van der Waals surface area contributed by atoms with E-state index in [4.69, 9.17) is 10.5 Å². The van der Waals surface area contributed by atoms with Crippen LogP contribution in [0.5, 0.6) is 0 Å². The maximum atomic E-state index is 14.0. The first-order valence-electron chi connectivity index (χ1n) is 6.41. The first kappa shape index (κ1) is 13.3. The van der Waals surface area contributed by atoms with E-state index in [0.717, 1.165) is 31.7 Å². The van der Waals surface area contributed by atoms with Gasteiger partial charge in [0, 0.05) is 32.2 Å². The summed E-state index contributed by atoms with van der Waals surface area (Å²) in [5, 5.41) is 0. The number of hydrogen-bond acceptors (Lipinski definition) is 3. The molecule has 2 unspecified atom stereocenters. The molecule has 1 saturated heterocycles. The molecule has 0 aromatic heterocycles. The number of hydrogen-bond donors (Lipinski definition) is 1. The van der Waals surface area contributed by atoms with Crippen LogP contribution in [-0.4, -0.2) is 26.8 Å². The molecule has 0 bridgehead atoms. The van der Waals surface area contributed by atoms with E-state index in [-0.39, 0.29) is 11.9 Å². The Morgan fingerprint density at radius 3 is 3.00 bits per heavy atom.